The third-order valence-corrected chi connectivity index (χ3v) is 5.27. The van der Waals surface area contributed by atoms with Crippen molar-refractivity contribution in [2.45, 2.75) is 32.4 Å². The van der Waals surface area contributed by atoms with Crippen molar-refractivity contribution in [1.29, 1.82) is 0 Å². The van der Waals surface area contributed by atoms with E-state index < -0.39 is 30.2 Å². The molecule has 0 heterocycles. The lowest BCUT2D eigenvalue weighted by atomic mass is 10.0. The lowest BCUT2D eigenvalue weighted by Gasteiger charge is -2.31. The van der Waals surface area contributed by atoms with Crippen LogP contribution in [0.5, 0.6) is 5.75 Å². The van der Waals surface area contributed by atoms with Gasteiger partial charge in [0.15, 0.2) is 18.2 Å². The number of hydrogen-bond acceptors (Lipinski definition) is 3. The summed E-state index contributed by atoms with van der Waals surface area (Å²) < 4.78 is 32.9. The Bertz CT molecular complexity index is 1070. The lowest BCUT2D eigenvalue weighted by molar-refractivity contribution is -0.142. The molecule has 0 saturated carbocycles. The molecule has 0 bridgehead atoms. The maximum Gasteiger partial charge on any atom is 0.261 e. The third kappa shape index (κ3) is 7.13. The molecular formula is C27H28F2N2O3. The highest BCUT2D eigenvalue weighted by Gasteiger charge is 2.30. The van der Waals surface area contributed by atoms with Gasteiger partial charge < -0.3 is 15.0 Å². The van der Waals surface area contributed by atoms with E-state index in [1.54, 1.807) is 18.2 Å². The van der Waals surface area contributed by atoms with Crippen LogP contribution in [0.1, 0.15) is 24.5 Å². The summed E-state index contributed by atoms with van der Waals surface area (Å²) in [5.41, 5.74) is 1.54. The summed E-state index contributed by atoms with van der Waals surface area (Å²) in [6.45, 7) is 2.02. The minimum atomic E-state index is -0.837. The van der Waals surface area contributed by atoms with E-state index in [0.29, 0.717) is 12.1 Å². The Balaban J connectivity index is 1.89. The van der Waals surface area contributed by atoms with Crippen molar-refractivity contribution in [2.24, 2.45) is 0 Å². The van der Waals surface area contributed by atoms with Gasteiger partial charge in [0.05, 0.1) is 0 Å². The van der Waals surface area contributed by atoms with Gasteiger partial charge in [0.1, 0.15) is 11.9 Å². The summed E-state index contributed by atoms with van der Waals surface area (Å²) in [7, 11) is 0. The van der Waals surface area contributed by atoms with Crippen LogP contribution < -0.4 is 10.1 Å². The molecule has 2 amide bonds. The molecule has 0 saturated heterocycles. The topological polar surface area (TPSA) is 58.6 Å². The Morgan fingerprint density at radius 1 is 0.912 bits per heavy atom. The van der Waals surface area contributed by atoms with Crippen LogP contribution >= 0.6 is 0 Å². The number of hydrogen-bond donors (Lipinski definition) is 1. The highest BCUT2D eigenvalue weighted by molar-refractivity contribution is 5.88. The van der Waals surface area contributed by atoms with Crippen molar-refractivity contribution in [3.8, 4) is 5.75 Å². The molecule has 3 aromatic carbocycles. The van der Waals surface area contributed by atoms with E-state index in [0.717, 1.165) is 12.0 Å². The van der Waals surface area contributed by atoms with Crippen molar-refractivity contribution >= 4 is 11.8 Å². The second-order valence-electron chi connectivity index (χ2n) is 7.86. The minimum absolute atomic E-state index is 0.0485. The molecule has 1 unspecified atom stereocenters. The van der Waals surface area contributed by atoms with E-state index in [4.69, 9.17) is 4.74 Å². The highest BCUT2D eigenvalue weighted by atomic mass is 19.1. The van der Waals surface area contributed by atoms with Gasteiger partial charge >= 0.3 is 0 Å². The fourth-order valence-electron chi connectivity index (χ4n) is 3.49. The van der Waals surface area contributed by atoms with Gasteiger partial charge in [-0.3, -0.25) is 9.59 Å². The second kappa shape index (κ2) is 12.5. The molecule has 0 aromatic heterocycles. The summed E-state index contributed by atoms with van der Waals surface area (Å²) in [5.74, 6) is -1.81. The average Bonchev–Trinajstić information content (AvgIpc) is 2.85. The third-order valence-electron chi connectivity index (χ3n) is 5.27. The Labute approximate surface area is 198 Å². The van der Waals surface area contributed by atoms with Crippen LogP contribution in [0.2, 0.25) is 0 Å². The van der Waals surface area contributed by atoms with Crippen LogP contribution in [-0.2, 0) is 22.6 Å². The van der Waals surface area contributed by atoms with Crippen LogP contribution in [0.4, 0.5) is 8.78 Å². The largest absolute Gasteiger partial charge is 0.481 e. The Kier molecular flexibility index (Phi) is 9.14. The number of rotatable bonds is 11. The Morgan fingerprint density at radius 3 is 2.26 bits per heavy atom. The number of nitrogens with zero attached hydrogens (tertiary/aromatic N) is 1. The molecule has 34 heavy (non-hydrogen) atoms. The predicted molar refractivity (Wildman–Crippen MR) is 126 cm³/mol. The maximum atomic E-state index is 14.0. The minimum Gasteiger partial charge on any atom is -0.481 e. The average molecular weight is 467 g/mol. The van der Waals surface area contributed by atoms with Gasteiger partial charge in [-0.15, -0.1) is 0 Å². The zero-order valence-electron chi connectivity index (χ0n) is 19.0. The first-order valence-corrected chi connectivity index (χ1v) is 11.2. The fourth-order valence-corrected chi connectivity index (χ4v) is 3.49. The van der Waals surface area contributed by atoms with Crippen molar-refractivity contribution in [2.75, 3.05) is 13.2 Å². The van der Waals surface area contributed by atoms with Gasteiger partial charge in [-0.25, -0.2) is 8.78 Å². The van der Waals surface area contributed by atoms with Gasteiger partial charge in [-0.2, -0.15) is 0 Å². The summed E-state index contributed by atoms with van der Waals surface area (Å²) in [5, 5.41) is 2.87. The number of ether oxygens (including phenoxy) is 1. The maximum absolute atomic E-state index is 14.0. The molecule has 5 nitrogen and oxygen atoms in total. The van der Waals surface area contributed by atoms with Crippen molar-refractivity contribution in [3.63, 3.8) is 0 Å². The molecule has 0 aliphatic carbocycles. The Hall–Kier alpha value is -3.74. The molecular weight excluding hydrogens is 438 g/mol. The number of amides is 2. The molecule has 178 valence electrons. The molecule has 1 atom stereocenters. The van der Waals surface area contributed by atoms with E-state index >= 15 is 0 Å². The fraction of sp³-hybridized carbons (Fsp3) is 0.259. The van der Waals surface area contributed by atoms with Crippen LogP contribution in [-0.4, -0.2) is 35.9 Å². The smallest absolute Gasteiger partial charge is 0.261 e. The van der Waals surface area contributed by atoms with Crippen LogP contribution in [0, 0.1) is 11.6 Å². The summed E-state index contributed by atoms with van der Waals surface area (Å²) in [6.07, 6.45) is 1.02. The van der Waals surface area contributed by atoms with E-state index in [1.807, 2.05) is 37.3 Å². The van der Waals surface area contributed by atoms with E-state index in [9.17, 15) is 18.4 Å². The first-order chi connectivity index (χ1) is 16.5. The molecule has 0 radical (unpaired) electrons. The summed E-state index contributed by atoms with van der Waals surface area (Å²) in [6, 6.07) is 20.1. The van der Waals surface area contributed by atoms with Gasteiger partial charge in [-0.1, -0.05) is 61.5 Å². The first-order valence-electron chi connectivity index (χ1n) is 11.2. The van der Waals surface area contributed by atoms with Gasteiger partial charge in [0.25, 0.3) is 5.91 Å². The summed E-state index contributed by atoms with van der Waals surface area (Å²) in [4.78, 5) is 27.9. The number of carbonyl (C=O) groups is 2. The van der Waals surface area contributed by atoms with Crippen LogP contribution in [0.25, 0.3) is 0 Å². The number of halogens is 2. The number of benzene rings is 3. The number of nitrogens with one attached hydrogen (secondary N) is 1. The second-order valence-corrected chi connectivity index (χ2v) is 7.86. The zero-order valence-corrected chi connectivity index (χ0v) is 19.0. The van der Waals surface area contributed by atoms with E-state index in [2.05, 4.69) is 5.32 Å². The predicted octanol–water partition coefficient (Wildman–Crippen LogP) is 4.51. The summed E-state index contributed by atoms with van der Waals surface area (Å²) >= 11 is 0. The zero-order chi connectivity index (χ0) is 24.3. The quantitative estimate of drug-likeness (QED) is 0.452. The highest BCUT2D eigenvalue weighted by Crippen LogP contribution is 2.18. The number of para-hydroxylation sites is 1. The van der Waals surface area contributed by atoms with E-state index in [1.165, 1.54) is 35.2 Å². The monoisotopic (exact) mass is 466 g/mol. The molecule has 0 aliphatic rings. The van der Waals surface area contributed by atoms with E-state index in [-0.39, 0.29) is 24.6 Å². The Morgan fingerprint density at radius 2 is 1.59 bits per heavy atom. The molecule has 0 spiro atoms. The lowest BCUT2D eigenvalue weighted by Crippen LogP contribution is -2.51. The molecule has 1 N–H and O–H groups in total. The van der Waals surface area contributed by atoms with Crippen molar-refractivity contribution in [1.82, 2.24) is 10.2 Å². The molecule has 3 rings (SSSR count). The number of carbonyl (C=O) groups excluding carboxylic acids is 2. The van der Waals surface area contributed by atoms with Crippen molar-refractivity contribution < 1.29 is 23.1 Å². The normalized spacial score (nSPS) is 11.5. The molecule has 0 fully saturated rings. The van der Waals surface area contributed by atoms with Gasteiger partial charge in [0, 0.05) is 19.5 Å². The molecule has 3 aromatic rings. The van der Waals surface area contributed by atoms with Crippen LogP contribution in [0.3, 0.4) is 0 Å². The standard InChI is InChI=1S/C27H28F2N2O3/c1-2-16-30-27(33)24(17-20-8-4-3-5-9-20)31(18-21-12-14-22(28)15-13-21)26(32)19-34-25-11-7-6-10-23(25)29/h3-15,24H,2,16-19H2,1H3,(H,30,33). The molecule has 0 aliphatic heterocycles. The SMILES string of the molecule is CCCNC(=O)C(Cc1ccccc1)N(Cc1ccc(F)cc1)C(=O)COc1ccccc1F. The first kappa shape index (κ1) is 24.9. The van der Waals surface area contributed by atoms with Crippen molar-refractivity contribution in [3.05, 3.63) is 102 Å². The molecule has 7 heteroatoms. The van der Waals surface area contributed by atoms with Gasteiger partial charge in [0.2, 0.25) is 5.91 Å². The van der Waals surface area contributed by atoms with Gasteiger partial charge in [-0.05, 0) is 41.8 Å². The van der Waals surface area contributed by atoms with Crippen LogP contribution in [0.15, 0.2) is 78.9 Å².